The molecule has 4 heteroatoms. The van der Waals surface area contributed by atoms with E-state index in [2.05, 4.69) is 23.8 Å². The standard InChI is InChI=1S/C20H22O4/c1-13(15-6-4-3-5-7-15)17-12-24-18-10-14(11-19(21)23-2)8-9-16(18)20(17)22/h3-10,13,17,20,22H,11-12H2,1-2H3. The molecular weight excluding hydrogens is 304 g/mol. The van der Waals surface area contributed by atoms with Crippen molar-refractivity contribution < 1.29 is 19.4 Å². The number of methoxy groups -OCH3 is 1. The molecular formula is C20H22O4. The number of esters is 1. The van der Waals surface area contributed by atoms with Gasteiger partial charge in [0.15, 0.2) is 0 Å². The van der Waals surface area contributed by atoms with Crippen LogP contribution >= 0.6 is 0 Å². The second kappa shape index (κ2) is 7.05. The predicted molar refractivity (Wildman–Crippen MR) is 91.0 cm³/mol. The highest BCUT2D eigenvalue weighted by Crippen LogP contribution is 2.42. The fraction of sp³-hybridized carbons (Fsp3) is 0.350. The molecule has 3 unspecified atom stereocenters. The van der Waals surface area contributed by atoms with E-state index in [0.29, 0.717) is 12.4 Å². The molecule has 126 valence electrons. The smallest absolute Gasteiger partial charge is 0.309 e. The Labute approximate surface area is 142 Å². The van der Waals surface area contributed by atoms with E-state index in [1.807, 2.05) is 36.4 Å². The Kier molecular flexibility index (Phi) is 4.86. The van der Waals surface area contributed by atoms with E-state index in [-0.39, 0.29) is 24.2 Å². The van der Waals surface area contributed by atoms with Crippen molar-refractivity contribution in [1.82, 2.24) is 0 Å². The third kappa shape index (κ3) is 3.29. The summed E-state index contributed by atoms with van der Waals surface area (Å²) in [5, 5.41) is 10.8. The molecule has 0 saturated heterocycles. The lowest BCUT2D eigenvalue weighted by Gasteiger charge is -2.34. The van der Waals surface area contributed by atoms with Crippen LogP contribution in [0, 0.1) is 5.92 Å². The predicted octanol–water partition coefficient (Wildman–Crippen LogP) is 3.25. The van der Waals surface area contributed by atoms with Crippen LogP contribution in [0.4, 0.5) is 0 Å². The highest BCUT2D eigenvalue weighted by molar-refractivity contribution is 5.72. The Hall–Kier alpha value is -2.33. The minimum Gasteiger partial charge on any atom is -0.493 e. The van der Waals surface area contributed by atoms with Crippen molar-refractivity contribution in [3.63, 3.8) is 0 Å². The number of carbonyl (C=O) groups excluding carboxylic acids is 1. The number of ether oxygens (including phenoxy) is 2. The number of fused-ring (bicyclic) bond motifs is 1. The van der Waals surface area contributed by atoms with Crippen LogP contribution in [0.1, 0.15) is 35.6 Å². The fourth-order valence-corrected chi connectivity index (χ4v) is 3.23. The summed E-state index contributed by atoms with van der Waals surface area (Å²) in [5.41, 5.74) is 2.79. The Morgan fingerprint density at radius 3 is 2.75 bits per heavy atom. The molecule has 0 fully saturated rings. The first kappa shape index (κ1) is 16.5. The van der Waals surface area contributed by atoms with Crippen LogP contribution in [0.15, 0.2) is 48.5 Å². The van der Waals surface area contributed by atoms with Gasteiger partial charge in [-0.1, -0.05) is 49.4 Å². The van der Waals surface area contributed by atoms with Crippen LogP contribution in [-0.2, 0) is 16.0 Å². The maximum atomic E-state index is 11.4. The van der Waals surface area contributed by atoms with Gasteiger partial charge in [0.2, 0.25) is 0 Å². The molecule has 3 atom stereocenters. The van der Waals surface area contributed by atoms with Crippen molar-refractivity contribution in [2.75, 3.05) is 13.7 Å². The molecule has 2 aromatic carbocycles. The van der Waals surface area contributed by atoms with Gasteiger partial charge in [-0.05, 0) is 23.1 Å². The van der Waals surface area contributed by atoms with Gasteiger partial charge in [0.05, 0.1) is 26.2 Å². The zero-order chi connectivity index (χ0) is 17.1. The zero-order valence-corrected chi connectivity index (χ0v) is 13.9. The zero-order valence-electron chi connectivity index (χ0n) is 13.9. The molecule has 0 aliphatic carbocycles. The maximum Gasteiger partial charge on any atom is 0.309 e. The summed E-state index contributed by atoms with van der Waals surface area (Å²) in [5.74, 6) is 0.540. The van der Waals surface area contributed by atoms with Crippen molar-refractivity contribution in [1.29, 1.82) is 0 Å². The Balaban J connectivity index is 1.80. The van der Waals surface area contributed by atoms with Crippen molar-refractivity contribution >= 4 is 5.97 Å². The monoisotopic (exact) mass is 326 g/mol. The normalized spacial score (nSPS) is 20.6. The third-order valence-electron chi connectivity index (χ3n) is 4.78. The number of aliphatic hydroxyl groups is 1. The summed E-state index contributed by atoms with van der Waals surface area (Å²) in [7, 11) is 1.37. The number of carbonyl (C=O) groups is 1. The molecule has 3 rings (SSSR count). The summed E-state index contributed by atoms with van der Waals surface area (Å²) in [4.78, 5) is 11.4. The lowest BCUT2D eigenvalue weighted by atomic mass is 9.80. The lowest BCUT2D eigenvalue weighted by molar-refractivity contribution is -0.139. The van der Waals surface area contributed by atoms with Crippen molar-refractivity contribution in [3.05, 3.63) is 65.2 Å². The van der Waals surface area contributed by atoms with Crippen molar-refractivity contribution in [3.8, 4) is 5.75 Å². The lowest BCUT2D eigenvalue weighted by Crippen LogP contribution is -2.30. The van der Waals surface area contributed by atoms with E-state index in [4.69, 9.17) is 4.74 Å². The van der Waals surface area contributed by atoms with Gasteiger partial charge in [-0.2, -0.15) is 0 Å². The van der Waals surface area contributed by atoms with Gasteiger partial charge in [0.1, 0.15) is 5.75 Å². The summed E-state index contributed by atoms with van der Waals surface area (Å²) in [6.45, 7) is 2.56. The van der Waals surface area contributed by atoms with Crippen LogP contribution in [0.5, 0.6) is 5.75 Å². The van der Waals surface area contributed by atoms with Gasteiger partial charge in [0, 0.05) is 11.5 Å². The molecule has 1 heterocycles. The minimum absolute atomic E-state index is 0.00800. The number of hydrogen-bond acceptors (Lipinski definition) is 4. The van der Waals surface area contributed by atoms with E-state index in [1.54, 1.807) is 0 Å². The van der Waals surface area contributed by atoms with E-state index in [9.17, 15) is 9.90 Å². The minimum atomic E-state index is -0.587. The molecule has 24 heavy (non-hydrogen) atoms. The Morgan fingerprint density at radius 1 is 1.29 bits per heavy atom. The highest BCUT2D eigenvalue weighted by atomic mass is 16.5. The quantitative estimate of drug-likeness (QED) is 0.876. The third-order valence-corrected chi connectivity index (χ3v) is 4.78. The number of hydrogen-bond donors (Lipinski definition) is 1. The van der Waals surface area contributed by atoms with E-state index < -0.39 is 6.10 Å². The summed E-state index contributed by atoms with van der Waals surface area (Å²) in [6, 6.07) is 15.7. The van der Waals surface area contributed by atoms with Crippen molar-refractivity contribution in [2.45, 2.75) is 25.4 Å². The number of rotatable bonds is 4. The largest absolute Gasteiger partial charge is 0.493 e. The Bertz CT molecular complexity index is 711. The van der Waals surface area contributed by atoms with E-state index in [1.165, 1.54) is 12.7 Å². The second-order valence-electron chi connectivity index (χ2n) is 6.24. The molecule has 4 nitrogen and oxygen atoms in total. The van der Waals surface area contributed by atoms with E-state index >= 15 is 0 Å². The summed E-state index contributed by atoms with van der Waals surface area (Å²) >= 11 is 0. The van der Waals surface area contributed by atoms with Gasteiger partial charge >= 0.3 is 5.97 Å². The van der Waals surface area contributed by atoms with Crippen LogP contribution < -0.4 is 4.74 Å². The molecule has 0 aromatic heterocycles. The van der Waals surface area contributed by atoms with Crippen LogP contribution in [0.25, 0.3) is 0 Å². The highest BCUT2D eigenvalue weighted by Gasteiger charge is 2.34. The first-order chi connectivity index (χ1) is 11.6. The molecule has 0 radical (unpaired) electrons. The van der Waals surface area contributed by atoms with E-state index in [0.717, 1.165) is 11.1 Å². The van der Waals surface area contributed by atoms with Crippen LogP contribution in [0.3, 0.4) is 0 Å². The molecule has 2 aromatic rings. The molecule has 1 aliphatic rings. The van der Waals surface area contributed by atoms with Gasteiger partial charge in [-0.3, -0.25) is 4.79 Å². The van der Waals surface area contributed by atoms with Gasteiger partial charge in [-0.25, -0.2) is 0 Å². The molecule has 0 amide bonds. The first-order valence-corrected chi connectivity index (χ1v) is 8.15. The summed E-state index contributed by atoms with van der Waals surface area (Å²) in [6.07, 6.45) is -0.385. The summed E-state index contributed by atoms with van der Waals surface area (Å²) < 4.78 is 10.6. The van der Waals surface area contributed by atoms with Crippen molar-refractivity contribution in [2.24, 2.45) is 5.92 Å². The average molecular weight is 326 g/mol. The van der Waals surface area contributed by atoms with Gasteiger partial charge in [0.25, 0.3) is 0 Å². The molecule has 0 saturated carbocycles. The van der Waals surface area contributed by atoms with Gasteiger partial charge < -0.3 is 14.6 Å². The second-order valence-corrected chi connectivity index (χ2v) is 6.24. The van der Waals surface area contributed by atoms with Crippen LogP contribution in [-0.4, -0.2) is 24.8 Å². The molecule has 1 aliphatic heterocycles. The number of aliphatic hydroxyl groups excluding tert-OH is 1. The Morgan fingerprint density at radius 2 is 2.04 bits per heavy atom. The maximum absolute atomic E-state index is 11.4. The molecule has 0 bridgehead atoms. The number of benzene rings is 2. The SMILES string of the molecule is COC(=O)Cc1ccc2c(c1)OCC(C(C)c1ccccc1)C2O. The average Bonchev–Trinajstić information content (AvgIpc) is 2.62. The van der Waals surface area contributed by atoms with Gasteiger partial charge in [-0.15, -0.1) is 0 Å². The van der Waals surface area contributed by atoms with Crippen LogP contribution in [0.2, 0.25) is 0 Å². The first-order valence-electron chi connectivity index (χ1n) is 8.15. The fourth-order valence-electron chi connectivity index (χ4n) is 3.23. The topological polar surface area (TPSA) is 55.8 Å². The molecule has 0 spiro atoms. The molecule has 1 N–H and O–H groups in total.